The highest BCUT2D eigenvalue weighted by molar-refractivity contribution is 7.92. The number of aromatic amines is 1. The molecular formula is C21H18N4O4S. The van der Waals surface area contributed by atoms with Crippen molar-refractivity contribution in [2.45, 2.75) is 18.7 Å². The van der Waals surface area contributed by atoms with Crippen LogP contribution >= 0.6 is 0 Å². The first kappa shape index (κ1) is 20.8. The van der Waals surface area contributed by atoms with Crippen LogP contribution in [0.2, 0.25) is 0 Å². The highest BCUT2D eigenvalue weighted by atomic mass is 32.2. The summed E-state index contributed by atoms with van der Waals surface area (Å²) in [6, 6.07) is 14.7. The fourth-order valence-electron chi connectivity index (χ4n) is 2.75. The summed E-state index contributed by atoms with van der Waals surface area (Å²) in [4.78, 5) is 18.1. The van der Waals surface area contributed by atoms with E-state index in [2.05, 4.69) is 14.7 Å². The molecule has 0 fully saturated rings. The number of aromatic nitrogens is 1. The number of aliphatic imine (C=N–C) groups is 1. The number of nitriles is 1. The predicted molar refractivity (Wildman–Crippen MR) is 114 cm³/mol. The topological polar surface area (TPSA) is 135 Å². The summed E-state index contributed by atoms with van der Waals surface area (Å²) in [5.41, 5.74) is 1.42. The molecule has 0 aliphatic rings. The van der Waals surface area contributed by atoms with Crippen LogP contribution in [-0.4, -0.2) is 24.7 Å². The number of hydrogen-bond donors (Lipinski definition) is 3. The van der Waals surface area contributed by atoms with Gasteiger partial charge in [0.15, 0.2) is 0 Å². The fraction of sp³-hybridized carbons (Fsp3) is 0.0952. The minimum atomic E-state index is -3.76. The van der Waals surface area contributed by atoms with E-state index in [0.717, 1.165) is 5.56 Å². The highest BCUT2D eigenvalue weighted by Crippen LogP contribution is 2.22. The van der Waals surface area contributed by atoms with Crippen molar-refractivity contribution in [3.05, 3.63) is 81.1 Å². The van der Waals surface area contributed by atoms with Crippen molar-refractivity contribution in [3.63, 3.8) is 0 Å². The maximum Gasteiger partial charge on any atom is 0.268 e. The molecule has 0 aliphatic heterocycles. The van der Waals surface area contributed by atoms with Crippen LogP contribution in [0.4, 0.5) is 11.4 Å². The van der Waals surface area contributed by atoms with E-state index in [4.69, 9.17) is 5.26 Å². The molecule has 8 nitrogen and oxygen atoms in total. The molecule has 30 heavy (non-hydrogen) atoms. The number of pyridine rings is 1. The summed E-state index contributed by atoms with van der Waals surface area (Å²) in [6.07, 6.45) is 1.30. The van der Waals surface area contributed by atoms with Gasteiger partial charge in [0, 0.05) is 6.21 Å². The van der Waals surface area contributed by atoms with Crippen molar-refractivity contribution < 1.29 is 13.5 Å². The number of benzene rings is 2. The molecule has 3 aromatic rings. The van der Waals surface area contributed by atoms with E-state index in [9.17, 15) is 18.3 Å². The van der Waals surface area contributed by atoms with Crippen molar-refractivity contribution in [3.8, 4) is 11.9 Å². The van der Waals surface area contributed by atoms with Gasteiger partial charge in [-0.15, -0.1) is 0 Å². The smallest absolute Gasteiger partial charge is 0.268 e. The number of nitrogens with one attached hydrogen (secondary N) is 2. The summed E-state index contributed by atoms with van der Waals surface area (Å²) < 4.78 is 27.7. The first-order chi connectivity index (χ1) is 14.2. The normalized spacial score (nSPS) is 11.4. The second-order valence-electron chi connectivity index (χ2n) is 6.50. The summed E-state index contributed by atoms with van der Waals surface area (Å²) in [7, 11) is -3.76. The summed E-state index contributed by atoms with van der Waals surface area (Å²) >= 11 is 0. The number of hydrogen-bond acceptors (Lipinski definition) is 6. The molecule has 0 aliphatic carbocycles. The van der Waals surface area contributed by atoms with Gasteiger partial charge in [0.1, 0.15) is 11.6 Å². The number of nitrogens with zero attached hydrogens (tertiary/aromatic N) is 2. The van der Waals surface area contributed by atoms with Crippen molar-refractivity contribution in [2.24, 2.45) is 4.99 Å². The lowest BCUT2D eigenvalue weighted by Crippen LogP contribution is -2.14. The van der Waals surface area contributed by atoms with Crippen molar-refractivity contribution >= 4 is 27.6 Å². The molecule has 0 saturated carbocycles. The lowest BCUT2D eigenvalue weighted by Gasteiger charge is -2.10. The van der Waals surface area contributed by atoms with Gasteiger partial charge in [-0.05, 0) is 55.3 Å². The first-order valence-electron chi connectivity index (χ1n) is 8.81. The maximum absolute atomic E-state index is 12.6. The predicted octanol–water partition coefficient (Wildman–Crippen LogP) is 3.12. The van der Waals surface area contributed by atoms with Gasteiger partial charge in [0.25, 0.3) is 15.6 Å². The van der Waals surface area contributed by atoms with Gasteiger partial charge >= 0.3 is 0 Å². The molecule has 0 bridgehead atoms. The highest BCUT2D eigenvalue weighted by Gasteiger charge is 2.15. The minimum absolute atomic E-state index is 0.0690. The Morgan fingerprint density at radius 2 is 1.80 bits per heavy atom. The number of para-hydroxylation sites is 1. The summed E-state index contributed by atoms with van der Waals surface area (Å²) in [6.45, 7) is 3.34. The molecule has 152 valence electrons. The lowest BCUT2D eigenvalue weighted by molar-refractivity contribution is 0.450. The zero-order valence-corrected chi connectivity index (χ0v) is 17.0. The van der Waals surface area contributed by atoms with Crippen LogP contribution in [0.3, 0.4) is 0 Å². The number of rotatable bonds is 5. The molecule has 0 radical (unpaired) electrons. The Balaban J connectivity index is 1.86. The van der Waals surface area contributed by atoms with Crippen LogP contribution in [0.15, 0.2) is 63.2 Å². The Morgan fingerprint density at radius 1 is 1.13 bits per heavy atom. The van der Waals surface area contributed by atoms with E-state index >= 15 is 0 Å². The second kappa shape index (κ2) is 8.23. The zero-order chi connectivity index (χ0) is 21.9. The minimum Gasteiger partial charge on any atom is -0.494 e. The Bertz CT molecular complexity index is 1330. The van der Waals surface area contributed by atoms with Crippen LogP contribution < -0.4 is 10.3 Å². The van der Waals surface area contributed by atoms with Gasteiger partial charge in [-0.2, -0.15) is 5.26 Å². The standard InChI is InChI=1S/C21H18N4O4S/c1-13-5-3-4-6-19(13)25-30(28,29)16-9-7-15(8-10-16)23-12-18-14(2)17(11-22)20(26)24-21(18)27/h3-10,12,25H,1-2H3,(H2,24,26,27). The third kappa shape index (κ3) is 4.24. The average molecular weight is 422 g/mol. The number of anilines is 1. The number of aryl methyl sites for hydroxylation is 1. The number of H-pyrrole nitrogens is 1. The fourth-order valence-corrected chi connectivity index (χ4v) is 3.88. The molecule has 3 rings (SSSR count). The Morgan fingerprint density at radius 3 is 2.43 bits per heavy atom. The molecule has 0 atom stereocenters. The van der Waals surface area contributed by atoms with Crippen LogP contribution in [0, 0.1) is 25.2 Å². The molecule has 2 aromatic carbocycles. The van der Waals surface area contributed by atoms with Gasteiger partial charge in [-0.3, -0.25) is 19.5 Å². The van der Waals surface area contributed by atoms with Crippen LogP contribution in [0.25, 0.3) is 0 Å². The SMILES string of the molecule is Cc1ccccc1NS(=O)(=O)c1ccc(N=Cc2c(O)[nH]c(=O)c(C#N)c2C)cc1. The molecule has 3 N–H and O–H groups in total. The molecule has 1 aromatic heterocycles. The number of aromatic hydroxyl groups is 1. The summed E-state index contributed by atoms with van der Waals surface area (Å²) in [5, 5.41) is 19.0. The van der Waals surface area contributed by atoms with Crippen molar-refractivity contribution in [2.75, 3.05) is 4.72 Å². The molecule has 0 saturated heterocycles. The van der Waals surface area contributed by atoms with Gasteiger partial charge in [-0.25, -0.2) is 8.42 Å². The van der Waals surface area contributed by atoms with E-state index in [1.165, 1.54) is 37.4 Å². The lowest BCUT2D eigenvalue weighted by atomic mass is 10.1. The van der Waals surface area contributed by atoms with Gasteiger partial charge in [0.2, 0.25) is 5.88 Å². The van der Waals surface area contributed by atoms with Crippen molar-refractivity contribution in [1.29, 1.82) is 5.26 Å². The second-order valence-corrected chi connectivity index (χ2v) is 8.18. The van der Waals surface area contributed by atoms with Gasteiger partial charge < -0.3 is 5.11 Å². The third-order valence-electron chi connectivity index (χ3n) is 4.48. The van der Waals surface area contributed by atoms with E-state index in [0.29, 0.717) is 16.9 Å². The van der Waals surface area contributed by atoms with E-state index in [1.807, 2.05) is 19.1 Å². The quantitative estimate of drug-likeness (QED) is 0.543. The number of sulfonamides is 1. The maximum atomic E-state index is 12.6. The molecule has 0 spiro atoms. The molecule has 0 unspecified atom stereocenters. The van der Waals surface area contributed by atoms with Gasteiger partial charge in [-0.1, -0.05) is 18.2 Å². The van der Waals surface area contributed by atoms with Crippen LogP contribution in [-0.2, 0) is 10.0 Å². The van der Waals surface area contributed by atoms with E-state index < -0.39 is 21.5 Å². The Labute approximate surface area is 173 Å². The molecular weight excluding hydrogens is 404 g/mol. The van der Waals surface area contributed by atoms with E-state index in [-0.39, 0.29) is 16.0 Å². The molecule has 1 heterocycles. The molecule has 9 heteroatoms. The van der Waals surface area contributed by atoms with Crippen LogP contribution in [0.5, 0.6) is 5.88 Å². The van der Waals surface area contributed by atoms with Crippen LogP contribution in [0.1, 0.15) is 22.3 Å². The molecule has 0 amide bonds. The monoisotopic (exact) mass is 422 g/mol. The van der Waals surface area contributed by atoms with E-state index in [1.54, 1.807) is 18.2 Å². The summed E-state index contributed by atoms with van der Waals surface area (Å²) in [5.74, 6) is -0.401. The van der Waals surface area contributed by atoms with Crippen molar-refractivity contribution in [1.82, 2.24) is 4.98 Å². The largest absolute Gasteiger partial charge is 0.494 e. The first-order valence-corrected chi connectivity index (χ1v) is 10.3. The Kier molecular flexibility index (Phi) is 5.71. The Hall–Kier alpha value is -3.90. The third-order valence-corrected chi connectivity index (χ3v) is 5.87. The zero-order valence-electron chi connectivity index (χ0n) is 16.2. The van der Waals surface area contributed by atoms with Gasteiger partial charge in [0.05, 0.1) is 21.8 Å². The average Bonchev–Trinajstić information content (AvgIpc) is 2.70.